The maximum Gasteiger partial charge on any atom is 0.446 e. The maximum absolute atomic E-state index is 13.6. The number of aryl methyl sites for hydroxylation is 1. The van der Waals surface area contributed by atoms with E-state index in [1.54, 1.807) is 30.3 Å². The molecule has 3 aromatic rings. The van der Waals surface area contributed by atoms with Crippen molar-refractivity contribution in [1.82, 2.24) is 0 Å². The molecule has 0 aromatic heterocycles. The summed E-state index contributed by atoms with van der Waals surface area (Å²) in [4.78, 5) is 1.38. The second-order valence-electron chi connectivity index (χ2n) is 8.06. The summed E-state index contributed by atoms with van der Waals surface area (Å²) < 4.78 is 90.2. The minimum Gasteiger partial charge on any atom is -0.477 e. The number of anilines is 1. The first-order valence-corrected chi connectivity index (χ1v) is 12.0. The van der Waals surface area contributed by atoms with Gasteiger partial charge in [-0.1, -0.05) is 30.7 Å². The van der Waals surface area contributed by atoms with E-state index in [-0.39, 0.29) is 29.0 Å². The number of hydrogen-bond acceptors (Lipinski definition) is 4. The van der Waals surface area contributed by atoms with E-state index in [9.17, 15) is 26.3 Å². The maximum atomic E-state index is 13.6. The average Bonchev–Trinajstić information content (AvgIpc) is 2.79. The minimum absolute atomic E-state index is 0.00194. The van der Waals surface area contributed by atoms with Crippen molar-refractivity contribution in [3.63, 3.8) is 0 Å². The highest BCUT2D eigenvalue weighted by atomic mass is 35.5. The van der Waals surface area contributed by atoms with Crippen LogP contribution in [-0.4, -0.2) is 24.3 Å². The lowest BCUT2D eigenvalue weighted by Gasteiger charge is -2.37. The van der Waals surface area contributed by atoms with Gasteiger partial charge in [-0.15, -0.1) is 0 Å². The highest BCUT2D eigenvalue weighted by Crippen LogP contribution is 2.42. The average molecular weight is 548 g/mol. The number of hydrogen-bond donors (Lipinski definition) is 0. The molecule has 0 saturated carbocycles. The van der Waals surface area contributed by atoms with E-state index in [0.29, 0.717) is 34.2 Å². The summed E-state index contributed by atoms with van der Waals surface area (Å²) in [6.45, 7) is 1.36. The van der Waals surface area contributed by atoms with Gasteiger partial charge in [0.1, 0.15) is 17.2 Å². The van der Waals surface area contributed by atoms with Crippen LogP contribution in [0.25, 0.3) is 0 Å². The van der Waals surface area contributed by atoms with Gasteiger partial charge in [0, 0.05) is 22.5 Å². The van der Waals surface area contributed by atoms with E-state index in [2.05, 4.69) is 0 Å². The lowest BCUT2D eigenvalue weighted by Crippen LogP contribution is -2.47. The van der Waals surface area contributed by atoms with E-state index in [1.165, 1.54) is 35.2 Å². The van der Waals surface area contributed by atoms with Gasteiger partial charge in [0.05, 0.1) is 12.2 Å². The monoisotopic (exact) mass is 547 g/mol. The summed E-state index contributed by atoms with van der Waals surface area (Å²) in [7, 11) is 0. The molecule has 0 spiro atoms. The summed E-state index contributed by atoms with van der Waals surface area (Å²) in [6, 6.07) is 15.2. The fourth-order valence-corrected chi connectivity index (χ4v) is 4.67. The van der Waals surface area contributed by atoms with Crippen molar-refractivity contribution in [2.75, 3.05) is 11.4 Å². The highest BCUT2D eigenvalue weighted by molar-refractivity contribution is 8.00. The van der Waals surface area contributed by atoms with Crippen LogP contribution in [0.1, 0.15) is 18.1 Å². The topological polar surface area (TPSA) is 21.7 Å². The van der Waals surface area contributed by atoms with Crippen LogP contribution in [-0.2, 0) is 13.0 Å². The molecule has 3 aromatic carbocycles. The van der Waals surface area contributed by atoms with Gasteiger partial charge in [0.15, 0.2) is 0 Å². The molecule has 0 aliphatic carbocycles. The van der Waals surface area contributed by atoms with Crippen LogP contribution < -0.4 is 14.4 Å². The van der Waals surface area contributed by atoms with Crippen LogP contribution in [0.2, 0.25) is 5.02 Å². The molecule has 0 N–H and O–H groups in total. The first-order chi connectivity index (χ1) is 16.9. The number of nitrogens with zero attached hydrogens (tertiary/aromatic N) is 1. The van der Waals surface area contributed by atoms with Gasteiger partial charge >= 0.3 is 11.7 Å². The predicted octanol–water partition coefficient (Wildman–Crippen LogP) is 8.64. The zero-order valence-corrected chi connectivity index (χ0v) is 20.4. The fourth-order valence-electron chi connectivity index (χ4n) is 3.80. The van der Waals surface area contributed by atoms with Crippen molar-refractivity contribution in [2.45, 2.75) is 42.6 Å². The molecule has 192 valence electrons. The van der Waals surface area contributed by atoms with Gasteiger partial charge < -0.3 is 14.4 Å². The van der Waals surface area contributed by atoms with Gasteiger partial charge in [0.25, 0.3) is 0 Å². The lowest BCUT2D eigenvalue weighted by atomic mass is 10.1. The second kappa shape index (κ2) is 10.3. The van der Waals surface area contributed by atoms with E-state index in [1.807, 2.05) is 6.92 Å². The number of alkyl halides is 6. The summed E-state index contributed by atoms with van der Waals surface area (Å²) in [5, 5.41) is 0.596. The number of halogens is 7. The molecule has 0 bridgehead atoms. The molecule has 36 heavy (non-hydrogen) atoms. The van der Waals surface area contributed by atoms with Crippen molar-refractivity contribution in [3.8, 4) is 17.2 Å². The highest BCUT2D eigenvalue weighted by Gasteiger charge is 2.45. The Morgan fingerprint density at radius 2 is 1.72 bits per heavy atom. The van der Waals surface area contributed by atoms with E-state index in [4.69, 9.17) is 21.1 Å². The van der Waals surface area contributed by atoms with Crippen molar-refractivity contribution in [3.05, 3.63) is 76.8 Å². The summed E-state index contributed by atoms with van der Waals surface area (Å²) in [6.07, 6.45) is -6.03. The molecule has 0 saturated heterocycles. The first kappa shape index (κ1) is 26.3. The van der Waals surface area contributed by atoms with Crippen molar-refractivity contribution >= 4 is 29.1 Å². The molecule has 0 amide bonds. The normalized spacial score (nSPS) is 15.9. The molecule has 11 heteroatoms. The summed E-state index contributed by atoms with van der Waals surface area (Å²) >= 11 is 5.88. The standard InChI is InChI=1S/C25H20ClF6NO2S/c1-2-16-11-17(6-8-20(16)26)34-18-7-9-22-21(12-18)33(14-23(35-22)24(27,28)29)13-15-4-3-5-19(10-15)36-25(30,31)32/h3-12,23H,2,13-14H2,1H3/t23-/m1/s1. The quantitative estimate of drug-likeness (QED) is 0.227. The molecule has 4 rings (SSSR count). The van der Waals surface area contributed by atoms with Crippen LogP contribution in [0, 0.1) is 0 Å². The van der Waals surface area contributed by atoms with Gasteiger partial charge in [-0.3, -0.25) is 0 Å². The van der Waals surface area contributed by atoms with Crippen molar-refractivity contribution in [1.29, 1.82) is 0 Å². The lowest BCUT2D eigenvalue weighted by molar-refractivity contribution is -0.193. The number of thioether (sulfide) groups is 1. The number of benzene rings is 3. The summed E-state index contributed by atoms with van der Waals surface area (Å²) in [5.74, 6) is 0.866. The Bertz CT molecular complexity index is 1230. The molecule has 1 atom stereocenters. The van der Waals surface area contributed by atoms with Gasteiger partial charge in [-0.05, 0) is 71.8 Å². The minimum atomic E-state index is -4.63. The van der Waals surface area contributed by atoms with Gasteiger partial charge in [0.2, 0.25) is 6.10 Å². The third-order valence-electron chi connectivity index (χ3n) is 5.43. The Kier molecular flexibility index (Phi) is 7.56. The molecule has 1 aliphatic rings. The van der Waals surface area contributed by atoms with Crippen LogP contribution in [0.5, 0.6) is 17.2 Å². The third kappa shape index (κ3) is 6.53. The Labute approximate surface area is 213 Å². The van der Waals surface area contributed by atoms with Gasteiger partial charge in [-0.25, -0.2) is 0 Å². The SMILES string of the molecule is CCc1cc(Oc2ccc3c(c2)N(Cc2cccc(SC(F)(F)F)c2)C[C@H](C(F)(F)F)O3)ccc1Cl. The Hall–Kier alpha value is -2.72. The van der Waals surface area contributed by atoms with Crippen LogP contribution in [0.3, 0.4) is 0 Å². The van der Waals surface area contributed by atoms with Gasteiger partial charge in [-0.2, -0.15) is 26.3 Å². The Morgan fingerprint density at radius 1 is 1.00 bits per heavy atom. The number of rotatable bonds is 6. The Balaban J connectivity index is 1.64. The van der Waals surface area contributed by atoms with Crippen LogP contribution in [0.15, 0.2) is 65.6 Å². The third-order valence-corrected chi connectivity index (χ3v) is 6.52. The van der Waals surface area contributed by atoms with E-state index < -0.39 is 24.3 Å². The van der Waals surface area contributed by atoms with Crippen molar-refractivity contribution in [2.24, 2.45) is 0 Å². The molecule has 3 nitrogen and oxygen atoms in total. The van der Waals surface area contributed by atoms with E-state index in [0.717, 1.165) is 5.56 Å². The zero-order valence-electron chi connectivity index (χ0n) is 18.8. The molecule has 1 heterocycles. The second-order valence-corrected chi connectivity index (χ2v) is 9.61. The molecular weight excluding hydrogens is 528 g/mol. The number of ether oxygens (including phenoxy) is 2. The number of fused-ring (bicyclic) bond motifs is 1. The molecule has 0 fully saturated rings. The van der Waals surface area contributed by atoms with Crippen LogP contribution in [0.4, 0.5) is 32.0 Å². The van der Waals surface area contributed by atoms with E-state index >= 15 is 0 Å². The predicted molar refractivity (Wildman–Crippen MR) is 127 cm³/mol. The van der Waals surface area contributed by atoms with Crippen LogP contribution >= 0.6 is 23.4 Å². The molecule has 0 radical (unpaired) electrons. The largest absolute Gasteiger partial charge is 0.477 e. The molecule has 0 unspecified atom stereocenters. The van der Waals surface area contributed by atoms with Crippen molar-refractivity contribution < 1.29 is 35.8 Å². The zero-order chi connectivity index (χ0) is 26.1. The molecule has 1 aliphatic heterocycles. The smallest absolute Gasteiger partial charge is 0.446 e. The fraction of sp³-hybridized carbons (Fsp3) is 0.280. The summed E-state index contributed by atoms with van der Waals surface area (Å²) in [5.41, 5.74) is -2.83. The Morgan fingerprint density at radius 3 is 2.42 bits per heavy atom. The molecular formula is C25H20ClF6NO2S. The first-order valence-electron chi connectivity index (χ1n) is 10.8.